The Morgan fingerprint density at radius 2 is 1.07 bits per heavy atom. The van der Waals surface area contributed by atoms with Crippen LogP contribution >= 0.6 is 0 Å². The highest BCUT2D eigenvalue weighted by Gasteiger charge is 2.41. The number of amides is 11. The molecule has 86 heavy (non-hydrogen) atoms. The first kappa shape index (κ1) is 74.8. The molecule has 17 N–H and O–H groups in total. The number of likely N-dealkylation sites (N-methyl/N-ethyl adjacent to an activating group) is 1. The van der Waals surface area contributed by atoms with Gasteiger partial charge in [0.25, 0.3) is 0 Å². The molecule has 28 nitrogen and oxygen atoms in total. The zero-order valence-electron chi connectivity index (χ0n) is 51.7. The van der Waals surface area contributed by atoms with Gasteiger partial charge in [-0.3, -0.25) is 52.7 Å². The lowest BCUT2D eigenvalue weighted by atomic mass is 9.94. The number of hydrogen-bond donors (Lipinski definition) is 15. The van der Waals surface area contributed by atoms with Gasteiger partial charge in [-0.25, -0.2) is 4.79 Å². The highest BCUT2D eigenvalue weighted by atomic mass is 16.5. The summed E-state index contributed by atoms with van der Waals surface area (Å²) in [6, 6.07) is -6.09. The van der Waals surface area contributed by atoms with E-state index >= 15 is 0 Å². The van der Waals surface area contributed by atoms with Gasteiger partial charge in [0.15, 0.2) is 0 Å². The quantitative estimate of drug-likeness (QED) is 0.0245. The van der Waals surface area contributed by atoms with E-state index < -0.39 is 193 Å². The second kappa shape index (κ2) is 38.0. The molecule has 2 rings (SSSR count). The van der Waals surface area contributed by atoms with Gasteiger partial charge in [-0.1, -0.05) is 111 Å². The van der Waals surface area contributed by atoms with E-state index in [1.54, 1.807) is 62.4 Å². The van der Waals surface area contributed by atoms with Crippen molar-refractivity contribution in [1.29, 1.82) is 0 Å². The highest BCUT2D eigenvalue weighted by Crippen LogP contribution is 2.17. The van der Waals surface area contributed by atoms with Crippen LogP contribution in [0.2, 0.25) is 0 Å². The van der Waals surface area contributed by atoms with Crippen molar-refractivity contribution >= 4 is 70.9 Å². The first-order chi connectivity index (χ1) is 40.7. The summed E-state index contributed by atoms with van der Waals surface area (Å²) >= 11 is 0. The van der Waals surface area contributed by atoms with Gasteiger partial charge in [-0.05, 0) is 88.8 Å². The molecule has 0 aromatic heterocycles. The number of aliphatic hydroxyl groups is 2. The number of aliphatic hydroxyl groups excluding tert-OH is 2. The van der Waals surface area contributed by atoms with E-state index in [1.165, 1.54) is 13.8 Å². The summed E-state index contributed by atoms with van der Waals surface area (Å²) < 4.78 is 5.71. The van der Waals surface area contributed by atoms with Crippen LogP contribution in [0.3, 0.4) is 0 Å². The van der Waals surface area contributed by atoms with Gasteiger partial charge in [-0.2, -0.15) is 0 Å². The van der Waals surface area contributed by atoms with Crippen LogP contribution in [0.15, 0.2) is 30.3 Å². The molecule has 0 spiro atoms. The minimum atomic E-state index is -1.81. The van der Waals surface area contributed by atoms with Crippen LogP contribution in [0.4, 0.5) is 0 Å². The number of ether oxygens (including phenoxy) is 1. The van der Waals surface area contributed by atoms with Crippen molar-refractivity contribution in [1.82, 2.24) is 58.5 Å². The van der Waals surface area contributed by atoms with Gasteiger partial charge in [0.1, 0.15) is 66.5 Å². The Morgan fingerprint density at radius 1 is 0.593 bits per heavy atom. The summed E-state index contributed by atoms with van der Waals surface area (Å²) in [5.74, 6) is -12.9. The lowest BCUT2D eigenvalue weighted by molar-refractivity contribution is -0.157. The molecule has 1 aliphatic heterocycles. The second-order valence-corrected chi connectivity index (χ2v) is 22.3. The van der Waals surface area contributed by atoms with Crippen LogP contribution in [-0.2, 0) is 68.7 Å². The second-order valence-electron chi connectivity index (χ2n) is 22.3. The van der Waals surface area contributed by atoms with Crippen LogP contribution in [-0.4, -0.2) is 181 Å². The standard InChI is InChI=1S/C58H97N13O15/c1-12-30(5)43(68-51(78)39(61-11)27-36-21-17-16-18-22-36)54(81)65-40(28-72)52(79)64-38(24-25-42(60)74)50(77)67-45(32(7)14-3)56(83)69-44(31(6)13-2)55(82)66-41(29-73)53(80)71-47-35(10)86-58(85)46(33(8)15-4)70-49(76)37(23-19-20-26-59)63-48(75)34(9)62-57(47)84/h16-18,21-22,30-35,37-41,43-47,61,72-73H,12-15,19-20,23-29,59H2,1-11H3,(H2,60,74)(H,62,84)(H,63,75)(H,64,79)(H,65,81)(H,66,82)(H,67,77)(H,68,78)(H,69,83)(H,70,76)(H,71,80)/t30-,31-,32-,33-,34-,35-,37-,38+,39+,40-,41-,43-,44-,45+,46-,47+/m0/s1. The predicted octanol–water partition coefficient (Wildman–Crippen LogP) is -2.81. The van der Waals surface area contributed by atoms with Crippen LogP contribution in [0.5, 0.6) is 0 Å². The molecule has 1 aliphatic rings. The van der Waals surface area contributed by atoms with E-state index in [9.17, 15) is 67.7 Å². The molecule has 1 aromatic rings. The fourth-order valence-electron chi connectivity index (χ4n) is 9.10. The maximum absolute atomic E-state index is 14.4. The predicted molar refractivity (Wildman–Crippen MR) is 317 cm³/mol. The number of hydrogen-bond acceptors (Lipinski definition) is 17. The smallest absolute Gasteiger partial charge is 0.329 e. The Labute approximate surface area is 504 Å². The van der Waals surface area contributed by atoms with Gasteiger partial charge in [0.2, 0.25) is 65.0 Å². The van der Waals surface area contributed by atoms with Crippen LogP contribution in [0.25, 0.3) is 0 Å². The van der Waals surface area contributed by atoms with Crippen molar-refractivity contribution in [2.45, 2.75) is 206 Å². The molecule has 11 amide bonds. The summed E-state index contributed by atoms with van der Waals surface area (Å²) in [5, 5.41) is 49.4. The van der Waals surface area contributed by atoms with Crippen molar-refractivity contribution in [2.24, 2.45) is 35.1 Å². The van der Waals surface area contributed by atoms with E-state index in [4.69, 9.17) is 16.2 Å². The third kappa shape index (κ3) is 23.5. The maximum atomic E-state index is 14.4. The topological polar surface area (TPSA) is 439 Å². The molecule has 0 aliphatic carbocycles. The highest BCUT2D eigenvalue weighted by molar-refractivity contribution is 5.99. The molecule has 0 radical (unpaired) electrons. The van der Waals surface area contributed by atoms with E-state index in [1.807, 2.05) is 30.3 Å². The number of carbonyl (C=O) groups excluding carboxylic acids is 12. The molecular formula is C58H97N13O15. The third-order valence-corrected chi connectivity index (χ3v) is 15.7. The molecule has 0 saturated carbocycles. The minimum absolute atomic E-state index is 0.163. The summed E-state index contributed by atoms with van der Waals surface area (Å²) in [6.45, 7) is 14.5. The molecule has 484 valence electrons. The number of esters is 1. The molecule has 0 unspecified atom stereocenters. The summed E-state index contributed by atoms with van der Waals surface area (Å²) in [7, 11) is 1.60. The van der Waals surface area contributed by atoms with E-state index in [0.29, 0.717) is 38.6 Å². The van der Waals surface area contributed by atoms with Gasteiger partial charge in [-0.15, -0.1) is 0 Å². The van der Waals surface area contributed by atoms with Crippen molar-refractivity contribution in [2.75, 3.05) is 26.8 Å². The molecule has 1 fully saturated rings. The fourth-order valence-corrected chi connectivity index (χ4v) is 9.10. The summed E-state index contributed by atoms with van der Waals surface area (Å²) in [4.78, 5) is 165. The number of primary amides is 1. The number of cyclic esters (lactones) is 1. The lowest BCUT2D eigenvalue weighted by Crippen LogP contribution is -2.63. The summed E-state index contributed by atoms with van der Waals surface area (Å²) in [6.07, 6.45) is 0.483. The number of unbranched alkanes of at least 4 members (excludes halogenated alkanes) is 1. The first-order valence-corrected chi connectivity index (χ1v) is 29.8. The van der Waals surface area contributed by atoms with Crippen molar-refractivity contribution < 1.29 is 72.5 Å². The van der Waals surface area contributed by atoms with E-state index in [0.717, 1.165) is 5.56 Å². The number of rotatable bonds is 34. The van der Waals surface area contributed by atoms with Crippen LogP contribution < -0.4 is 70.0 Å². The molecule has 0 bridgehead atoms. The Balaban J connectivity index is 2.40. The SMILES string of the molecule is CC[C@H](C)[C@H](NC(=O)[C@@H](Cc1ccccc1)NC)C(=O)N[C@@H](CO)C(=O)N[C@H](CCC(N)=O)C(=O)N[C@@H](C(=O)N[C@H](C(=O)N[C@@H](CO)C(=O)N[C@H]1C(=O)N[C@@H](C)C(=O)N[C@@H](CCCCN)C(=O)N[C@@H]([C@@H](C)CC)C(=O)O[C@H]1C)[C@@H](C)CC)[C@@H](C)CC. The first-order valence-electron chi connectivity index (χ1n) is 29.8. The van der Waals surface area contributed by atoms with E-state index in [-0.39, 0.29) is 19.3 Å². The maximum Gasteiger partial charge on any atom is 0.329 e. The molecule has 1 aromatic carbocycles. The van der Waals surface area contributed by atoms with Crippen molar-refractivity contribution in [3.05, 3.63) is 35.9 Å². The van der Waals surface area contributed by atoms with Crippen molar-refractivity contribution in [3.63, 3.8) is 0 Å². The van der Waals surface area contributed by atoms with Gasteiger partial charge in [0, 0.05) is 6.42 Å². The number of nitrogens with one attached hydrogen (secondary N) is 11. The largest absolute Gasteiger partial charge is 0.458 e. The monoisotopic (exact) mass is 1220 g/mol. The number of benzene rings is 1. The Bertz CT molecular complexity index is 2440. The molecule has 1 saturated heterocycles. The summed E-state index contributed by atoms with van der Waals surface area (Å²) in [5.41, 5.74) is 12.0. The Kier molecular flexibility index (Phi) is 33.0. The Morgan fingerprint density at radius 3 is 1.55 bits per heavy atom. The van der Waals surface area contributed by atoms with Crippen LogP contribution in [0.1, 0.15) is 133 Å². The number of nitrogens with two attached hydrogens (primary N) is 2. The van der Waals surface area contributed by atoms with Crippen LogP contribution in [0, 0.1) is 23.7 Å². The van der Waals surface area contributed by atoms with Gasteiger partial charge < -0.3 is 84.9 Å². The third-order valence-electron chi connectivity index (χ3n) is 15.7. The number of carbonyl (C=O) groups is 12. The zero-order valence-corrected chi connectivity index (χ0v) is 51.7. The molecular weight excluding hydrogens is 1120 g/mol. The minimum Gasteiger partial charge on any atom is -0.458 e. The Hall–Kier alpha value is -7.30. The van der Waals surface area contributed by atoms with Gasteiger partial charge >= 0.3 is 5.97 Å². The molecule has 1 heterocycles. The van der Waals surface area contributed by atoms with E-state index in [2.05, 4.69) is 58.5 Å². The molecule has 28 heteroatoms. The van der Waals surface area contributed by atoms with Crippen molar-refractivity contribution in [3.8, 4) is 0 Å². The fraction of sp³-hybridized carbons (Fsp3) is 0.690. The van der Waals surface area contributed by atoms with Gasteiger partial charge in [0.05, 0.1) is 19.3 Å². The normalized spacial score (nSPS) is 21.3. The average molecular weight is 1220 g/mol. The zero-order chi connectivity index (χ0) is 65.0. The molecule has 16 atom stereocenters. The average Bonchev–Trinajstić information content (AvgIpc) is 3.74. The lowest BCUT2D eigenvalue weighted by Gasteiger charge is -2.31.